The molecule has 0 fully saturated rings. The first-order valence-corrected chi connectivity index (χ1v) is 4.30. The van der Waals surface area contributed by atoms with E-state index in [4.69, 9.17) is 11.5 Å². The van der Waals surface area contributed by atoms with Gasteiger partial charge in [0.05, 0.1) is 11.8 Å². The van der Waals surface area contributed by atoms with Crippen LogP contribution in [0.4, 0.5) is 17.6 Å². The minimum absolute atomic E-state index is 0.439. The van der Waals surface area contributed by atoms with E-state index in [1.165, 1.54) is 0 Å². The standard InChI is InChI=1S/C9H8F4N4/c10-7-3-1-2-6(9(11,12)13)5(7)4-16-17-8(14)15/h1-4H,(H4,14,15,17)/b16-4+. The molecular weight excluding hydrogens is 240 g/mol. The number of rotatable bonds is 2. The Labute approximate surface area is 93.6 Å². The van der Waals surface area contributed by atoms with Gasteiger partial charge < -0.3 is 11.5 Å². The Bertz CT molecular complexity index is 461. The van der Waals surface area contributed by atoms with Crippen molar-refractivity contribution in [2.75, 3.05) is 0 Å². The summed E-state index contributed by atoms with van der Waals surface area (Å²) in [6, 6.07) is 2.57. The lowest BCUT2D eigenvalue weighted by molar-refractivity contribution is -0.137. The quantitative estimate of drug-likeness (QED) is 0.359. The molecule has 17 heavy (non-hydrogen) atoms. The average molecular weight is 248 g/mol. The normalized spacial score (nSPS) is 11.8. The van der Waals surface area contributed by atoms with Gasteiger partial charge in [-0.15, -0.1) is 5.10 Å². The van der Waals surface area contributed by atoms with Crippen molar-refractivity contribution >= 4 is 12.2 Å². The number of benzene rings is 1. The molecule has 4 nitrogen and oxygen atoms in total. The topological polar surface area (TPSA) is 76.8 Å². The molecule has 0 unspecified atom stereocenters. The van der Waals surface area contributed by atoms with Crippen molar-refractivity contribution in [3.05, 3.63) is 35.1 Å². The first-order valence-electron chi connectivity index (χ1n) is 4.30. The maximum atomic E-state index is 13.2. The summed E-state index contributed by atoms with van der Waals surface area (Å²) in [4.78, 5) is 0. The second-order valence-electron chi connectivity index (χ2n) is 2.97. The van der Waals surface area contributed by atoms with E-state index < -0.39 is 29.1 Å². The smallest absolute Gasteiger partial charge is 0.369 e. The highest BCUT2D eigenvalue weighted by Gasteiger charge is 2.33. The van der Waals surface area contributed by atoms with Crippen molar-refractivity contribution in [1.29, 1.82) is 0 Å². The minimum Gasteiger partial charge on any atom is -0.369 e. The Hall–Kier alpha value is -2.12. The molecule has 8 heteroatoms. The van der Waals surface area contributed by atoms with E-state index in [1.54, 1.807) is 0 Å². The van der Waals surface area contributed by atoms with Gasteiger partial charge in [-0.05, 0) is 12.1 Å². The monoisotopic (exact) mass is 248 g/mol. The van der Waals surface area contributed by atoms with Crippen molar-refractivity contribution < 1.29 is 17.6 Å². The van der Waals surface area contributed by atoms with Crippen LogP contribution in [0.2, 0.25) is 0 Å². The van der Waals surface area contributed by atoms with E-state index in [9.17, 15) is 17.6 Å². The highest BCUT2D eigenvalue weighted by molar-refractivity contribution is 5.83. The summed E-state index contributed by atoms with van der Waals surface area (Å²) in [5, 5.41) is 6.24. The van der Waals surface area contributed by atoms with E-state index in [-0.39, 0.29) is 0 Å². The number of guanidine groups is 1. The van der Waals surface area contributed by atoms with E-state index in [0.717, 1.165) is 18.2 Å². The highest BCUT2D eigenvalue weighted by atomic mass is 19.4. The summed E-state index contributed by atoms with van der Waals surface area (Å²) >= 11 is 0. The van der Waals surface area contributed by atoms with Crippen LogP contribution < -0.4 is 11.5 Å². The van der Waals surface area contributed by atoms with E-state index in [0.29, 0.717) is 6.21 Å². The molecule has 1 aromatic rings. The SMILES string of the molecule is NC(N)=N/N=C/c1c(F)cccc1C(F)(F)F. The van der Waals surface area contributed by atoms with Crippen molar-refractivity contribution in [2.45, 2.75) is 6.18 Å². The van der Waals surface area contributed by atoms with Crippen LogP contribution in [0, 0.1) is 5.82 Å². The number of alkyl halides is 3. The number of nitrogens with two attached hydrogens (primary N) is 2. The Morgan fingerprint density at radius 2 is 1.88 bits per heavy atom. The van der Waals surface area contributed by atoms with Crippen molar-refractivity contribution in [3.8, 4) is 0 Å². The van der Waals surface area contributed by atoms with Gasteiger partial charge in [0, 0.05) is 5.56 Å². The molecule has 0 spiro atoms. The fraction of sp³-hybridized carbons (Fsp3) is 0.111. The van der Waals surface area contributed by atoms with Gasteiger partial charge in [-0.3, -0.25) is 0 Å². The fourth-order valence-corrected chi connectivity index (χ4v) is 1.07. The molecule has 0 aliphatic heterocycles. The second kappa shape index (κ2) is 4.81. The predicted molar refractivity (Wildman–Crippen MR) is 54.8 cm³/mol. The van der Waals surface area contributed by atoms with Gasteiger partial charge in [0.1, 0.15) is 5.82 Å². The van der Waals surface area contributed by atoms with Crippen LogP contribution >= 0.6 is 0 Å². The van der Waals surface area contributed by atoms with Crippen molar-refractivity contribution in [2.24, 2.45) is 21.7 Å². The highest BCUT2D eigenvalue weighted by Crippen LogP contribution is 2.32. The van der Waals surface area contributed by atoms with Crippen molar-refractivity contribution in [3.63, 3.8) is 0 Å². The van der Waals surface area contributed by atoms with Crippen molar-refractivity contribution in [1.82, 2.24) is 0 Å². The van der Waals surface area contributed by atoms with Gasteiger partial charge in [-0.25, -0.2) is 4.39 Å². The molecule has 0 aliphatic rings. The Kier molecular flexibility index (Phi) is 3.66. The molecule has 0 amide bonds. The summed E-state index contributed by atoms with van der Waals surface area (Å²) in [5.74, 6) is -1.50. The molecule has 0 saturated heterocycles. The zero-order chi connectivity index (χ0) is 13.1. The molecule has 0 aromatic heterocycles. The minimum atomic E-state index is -4.68. The largest absolute Gasteiger partial charge is 0.417 e. The Morgan fingerprint density at radius 1 is 1.24 bits per heavy atom. The lowest BCUT2D eigenvalue weighted by atomic mass is 10.1. The summed E-state index contributed by atoms with van der Waals surface area (Å²) in [6.45, 7) is 0. The first kappa shape index (κ1) is 12.9. The van der Waals surface area contributed by atoms with Gasteiger partial charge in [0.15, 0.2) is 0 Å². The van der Waals surface area contributed by atoms with Crippen LogP contribution in [0.5, 0.6) is 0 Å². The molecule has 0 radical (unpaired) electrons. The molecule has 0 aliphatic carbocycles. The second-order valence-corrected chi connectivity index (χ2v) is 2.97. The van der Waals surface area contributed by atoms with Gasteiger partial charge in [0.2, 0.25) is 5.96 Å². The summed E-state index contributed by atoms with van der Waals surface area (Å²) in [7, 11) is 0. The molecular formula is C9H8F4N4. The van der Waals surface area contributed by atoms with Gasteiger partial charge in [-0.2, -0.15) is 18.3 Å². The van der Waals surface area contributed by atoms with Gasteiger partial charge in [0.25, 0.3) is 0 Å². The van der Waals surface area contributed by atoms with E-state index in [2.05, 4.69) is 10.2 Å². The van der Waals surface area contributed by atoms with E-state index >= 15 is 0 Å². The van der Waals surface area contributed by atoms with Crippen LogP contribution in [0.1, 0.15) is 11.1 Å². The molecule has 1 rings (SSSR count). The van der Waals surface area contributed by atoms with Crippen LogP contribution in [-0.2, 0) is 6.18 Å². The Morgan fingerprint density at radius 3 is 2.41 bits per heavy atom. The van der Waals surface area contributed by atoms with Crippen LogP contribution in [0.25, 0.3) is 0 Å². The van der Waals surface area contributed by atoms with Gasteiger partial charge in [-0.1, -0.05) is 6.07 Å². The summed E-state index contributed by atoms with van der Waals surface area (Å²) in [6.07, 6.45) is -4.07. The third-order valence-electron chi connectivity index (χ3n) is 1.72. The third-order valence-corrected chi connectivity index (χ3v) is 1.72. The molecule has 0 bridgehead atoms. The zero-order valence-electron chi connectivity index (χ0n) is 8.37. The lowest BCUT2D eigenvalue weighted by Crippen LogP contribution is -2.21. The average Bonchev–Trinajstić information content (AvgIpc) is 2.18. The maximum absolute atomic E-state index is 13.2. The fourth-order valence-electron chi connectivity index (χ4n) is 1.07. The first-order chi connectivity index (χ1) is 7.82. The summed E-state index contributed by atoms with van der Waals surface area (Å²) < 4.78 is 50.7. The number of halogens is 4. The van der Waals surface area contributed by atoms with Crippen LogP contribution in [-0.4, -0.2) is 12.2 Å². The van der Waals surface area contributed by atoms with Crippen LogP contribution in [0.3, 0.4) is 0 Å². The maximum Gasteiger partial charge on any atom is 0.417 e. The Balaban J connectivity index is 3.22. The zero-order valence-corrected chi connectivity index (χ0v) is 8.37. The van der Waals surface area contributed by atoms with E-state index in [1.807, 2.05) is 0 Å². The number of hydrogen-bond donors (Lipinski definition) is 2. The lowest BCUT2D eigenvalue weighted by Gasteiger charge is -2.09. The molecule has 1 aromatic carbocycles. The molecule has 0 saturated carbocycles. The number of hydrogen-bond acceptors (Lipinski definition) is 2. The third kappa shape index (κ3) is 3.44. The van der Waals surface area contributed by atoms with Gasteiger partial charge >= 0.3 is 6.18 Å². The number of nitrogens with zero attached hydrogens (tertiary/aromatic N) is 2. The molecule has 4 N–H and O–H groups in total. The molecule has 0 atom stereocenters. The molecule has 0 heterocycles. The van der Waals surface area contributed by atoms with Crippen LogP contribution in [0.15, 0.2) is 28.4 Å². The molecule has 92 valence electrons. The summed E-state index contributed by atoms with van der Waals surface area (Å²) in [5.41, 5.74) is 7.97. The predicted octanol–water partition coefficient (Wildman–Crippen LogP) is 1.45.